The first kappa shape index (κ1) is 21.6. The minimum absolute atomic E-state index is 0.120. The van der Waals surface area contributed by atoms with E-state index in [0.29, 0.717) is 24.6 Å². The monoisotopic (exact) mass is 440 g/mol. The number of hydrogen-bond donors (Lipinski definition) is 2. The quantitative estimate of drug-likeness (QED) is 0.710. The number of nitrogens with zero attached hydrogens (tertiary/aromatic N) is 4. The van der Waals surface area contributed by atoms with Crippen LogP contribution < -0.4 is 11.1 Å². The molecule has 2 fully saturated rings. The molecular formula is C22H25FN6O3. The summed E-state index contributed by atoms with van der Waals surface area (Å²) >= 11 is 0. The zero-order valence-electron chi connectivity index (χ0n) is 17.7. The van der Waals surface area contributed by atoms with Gasteiger partial charge in [0.15, 0.2) is 5.82 Å². The second-order valence-corrected chi connectivity index (χ2v) is 8.33. The Morgan fingerprint density at radius 3 is 2.66 bits per heavy atom. The summed E-state index contributed by atoms with van der Waals surface area (Å²) in [7, 11) is 0. The molecule has 1 aliphatic heterocycles. The molecule has 1 unspecified atom stereocenters. The number of nitriles is 1. The predicted octanol–water partition coefficient (Wildman–Crippen LogP) is 3.19. The van der Waals surface area contributed by atoms with Gasteiger partial charge in [-0.25, -0.2) is 9.18 Å². The standard InChI is InChI=1S/C22H25FN6O3/c1-13(14-2-3-14)32-22(31)28-9-8-19(15(10-24)11-28)29-12-18(20(25)30)21(27-29)26-17-6-4-16(23)5-7-17/h4-7,12-15,19H,2-3,8-9,11H2,1H3,(H2,25,30)(H,26,27)/t13?,15-,19+/m1/s1. The lowest BCUT2D eigenvalue weighted by Crippen LogP contribution is -2.45. The molecule has 10 heteroatoms. The van der Waals surface area contributed by atoms with Gasteiger partial charge in [-0.3, -0.25) is 9.48 Å². The SMILES string of the molecule is CC(OC(=O)N1CC[C@H](n2cc(C(N)=O)c(Nc3ccc(F)cc3)n2)[C@H](C#N)C1)C1CC1. The van der Waals surface area contributed by atoms with Crippen molar-refractivity contribution in [2.45, 2.75) is 38.3 Å². The van der Waals surface area contributed by atoms with E-state index >= 15 is 0 Å². The van der Waals surface area contributed by atoms with Crippen LogP contribution in [0.4, 0.5) is 20.7 Å². The highest BCUT2D eigenvalue weighted by Crippen LogP contribution is 2.35. The number of hydrogen-bond acceptors (Lipinski definition) is 6. The lowest BCUT2D eigenvalue weighted by atomic mass is 9.94. The number of halogens is 1. The summed E-state index contributed by atoms with van der Waals surface area (Å²) in [5.41, 5.74) is 6.21. The van der Waals surface area contributed by atoms with Gasteiger partial charge >= 0.3 is 6.09 Å². The molecule has 3 N–H and O–H groups in total. The van der Waals surface area contributed by atoms with Gasteiger partial charge in [0.2, 0.25) is 0 Å². The van der Waals surface area contributed by atoms with Crippen molar-refractivity contribution in [1.82, 2.24) is 14.7 Å². The minimum Gasteiger partial charge on any atom is -0.446 e. The topological polar surface area (TPSA) is 126 Å². The van der Waals surface area contributed by atoms with Crippen LogP contribution in [0.25, 0.3) is 0 Å². The Balaban J connectivity index is 1.49. The fourth-order valence-electron chi connectivity index (χ4n) is 3.95. The van der Waals surface area contributed by atoms with Crippen LogP contribution in [0.1, 0.15) is 42.6 Å². The number of benzene rings is 1. The second kappa shape index (κ2) is 8.86. The molecule has 2 heterocycles. The van der Waals surface area contributed by atoms with Crippen molar-refractivity contribution in [3.05, 3.63) is 41.8 Å². The highest BCUT2D eigenvalue weighted by atomic mass is 19.1. The van der Waals surface area contributed by atoms with Crippen molar-refractivity contribution in [1.29, 1.82) is 5.26 Å². The van der Waals surface area contributed by atoms with Crippen LogP contribution >= 0.6 is 0 Å². The Morgan fingerprint density at radius 2 is 2.03 bits per heavy atom. The minimum atomic E-state index is -0.676. The molecule has 2 aromatic rings. The van der Waals surface area contributed by atoms with Gasteiger partial charge in [-0.05, 0) is 56.4 Å². The first-order valence-corrected chi connectivity index (χ1v) is 10.6. The van der Waals surface area contributed by atoms with E-state index in [2.05, 4.69) is 16.5 Å². The van der Waals surface area contributed by atoms with Gasteiger partial charge in [0.1, 0.15) is 17.5 Å². The molecular weight excluding hydrogens is 415 g/mol. The van der Waals surface area contributed by atoms with E-state index < -0.39 is 17.9 Å². The molecule has 1 saturated carbocycles. The number of likely N-dealkylation sites (tertiary alicyclic amines) is 1. The predicted molar refractivity (Wildman–Crippen MR) is 113 cm³/mol. The normalized spacial score (nSPS) is 21.5. The molecule has 1 aromatic heterocycles. The number of rotatable bonds is 6. The van der Waals surface area contributed by atoms with Gasteiger partial charge in [-0.1, -0.05) is 0 Å². The lowest BCUT2D eigenvalue weighted by Gasteiger charge is -2.35. The Hall–Kier alpha value is -3.61. The fraction of sp³-hybridized carbons (Fsp3) is 0.455. The lowest BCUT2D eigenvalue weighted by molar-refractivity contribution is 0.0453. The van der Waals surface area contributed by atoms with Crippen molar-refractivity contribution in [2.24, 2.45) is 17.6 Å². The number of carbonyl (C=O) groups excluding carboxylic acids is 2. The number of nitrogens with one attached hydrogen (secondary N) is 1. The molecule has 3 atom stereocenters. The van der Waals surface area contributed by atoms with E-state index in [1.165, 1.54) is 30.5 Å². The van der Waals surface area contributed by atoms with E-state index in [4.69, 9.17) is 10.5 Å². The molecule has 4 rings (SSSR count). The van der Waals surface area contributed by atoms with E-state index in [0.717, 1.165) is 12.8 Å². The third kappa shape index (κ3) is 4.66. The maximum Gasteiger partial charge on any atom is 0.410 e. The van der Waals surface area contributed by atoms with Gasteiger partial charge in [0.05, 0.1) is 18.0 Å². The number of primary amides is 1. The van der Waals surface area contributed by atoms with Crippen LogP contribution in [0.15, 0.2) is 30.5 Å². The first-order valence-electron chi connectivity index (χ1n) is 10.6. The number of carbonyl (C=O) groups is 2. The highest BCUT2D eigenvalue weighted by Gasteiger charge is 2.37. The van der Waals surface area contributed by atoms with E-state index in [1.54, 1.807) is 9.58 Å². The van der Waals surface area contributed by atoms with Gasteiger partial charge in [0, 0.05) is 25.0 Å². The van der Waals surface area contributed by atoms with Crippen LogP contribution in [-0.2, 0) is 4.74 Å². The molecule has 2 amide bonds. The zero-order chi connectivity index (χ0) is 22.8. The van der Waals surface area contributed by atoms with Gasteiger partial charge in [0.25, 0.3) is 5.91 Å². The summed E-state index contributed by atoms with van der Waals surface area (Å²) in [6, 6.07) is 7.52. The van der Waals surface area contributed by atoms with Crippen molar-refractivity contribution < 1.29 is 18.7 Å². The second-order valence-electron chi connectivity index (χ2n) is 8.33. The Bertz CT molecular complexity index is 1040. The number of amides is 2. The van der Waals surface area contributed by atoms with Gasteiger partial charge in [-0.15, -0.1) is 0 Å². The Morgan fingerprint density at radius 1 is 1.31 bits per heavy atom. The Kier molecular flexibility index (Phi) is 5.99. The number of nitrogens with two attached hydrogens (primary N) is 1. The highest BCUT2D eigenvalue weighted by molar-refractivity contribution is 5.98. The molecule has 1 saturated heterocycles. The average Bonchev–Trinajstić information content (AvgIpc) is 3.55. The summed E-state index contributed by atoms with van der Waals surface area (Å²) in [4.78, 5) is 26.0. The van der Waals surface area contributed by atoms with E-state index in [-0.39, 0.29) is 35.9 Å². The number of ether oxygens (including phenoxy) is 1. The molecule has 32 heavy (non-hydrogen) atoms. The van der Waals surface area contributed by atoms with E-state index in [9.17, 15) is 19.2 Å². The van der Waals surface area contributed by atoms with E-state index in [1.807, 2.05) is 6.92 Å². The molecule has 1 aromatic carbocycles. The smallest absolute Gasteiger partial charge is 0.410 e. The summed E-state index contributed by atoms with van der Waals surface area (Å²) in [5.74, 6) is -0.936. The number of piperidine rings is 1. The first-order chi connectivity index (χ1) is 15.4. The van der Waals surface area contributed by atoms with Crippen LogP contribution in [0.3, 0.4) is 0 Å². The summed E-state index contributed by atoms with van der Waals surface area (Å²) in [6.07, 6.45) is 3.61. The van der Waals surface area contributed by atoms with Crippen LogP contribution in [0, 0.1) is 29.0 Å². The zero-order valence-corrected chi connectivity index (χ0v) is 17.7. The van der Waals surface area contributed by atoms with Gasteiger partial charge in [-0.2, -0.15) is 10.4 Å². The summed E-state index contributed by atoms with van der Waals surface area (Å²) in [5, 5.41) is 17.2. The molecule has 9 nitrogen and oxygen atoms in total. The largest absolute Gasteiger partial charge is 0.446 e. The number of anilines is 2. The molecule has 168 valence electrons. The fourth-order valence-corrected chi connectivity index (χ4v) is 3.95. The summed E-state index contributed by atoms with van der Waals surface area (Å²) < 4.78 is 20.3. The van der Waals surface area contributed by atoms with Crippen molar-refractivity contribution >= 4 is 23.5 Å². The summed E-state index contributed by atoms with van der Waals surface area (Å²) in [6.45, 7) is 2.52. The average molecular weight is 440 g/mol. The third-order valence-electron chi connectivity index (χ3n) is 6.02. The molecule has 1 aliphatic carbocycles. The van der Waals surface area contributed by atoms with Crippen molar-refractivity contribution in [3.63, 3.8) is 0 Å². The van der Waals surface area contributed by atoms with Crippen molar-refractivity contribution in [3.8, 4) is 6.07 Å². The number of aromatic nitrogens is 2. The van der Waals surface area contributed by atoms with Crippen LogP contribution in [0.5, 0.6) is 0 Å². The van der Waals surface area contributed by atoms with Crippen LogP contribution in [0.2, 0.25) is 0 Å². The molecule has 2 aliphatic rings. The third-order valence-corrected chi connectivity index (χ3v) is 6.02. The maximum absolute atomic E-state index is 13.2. The van der Waals surface area contributed by atoms with Gasteiger partial charge < -0.3 is 20.7 Å². The molecule has 0 bridgehead atoms. The molecule has 0 spiro atoms. The van der Waals surface area contributed by atoms with Crippen LogP contribution in [-0.4, -0.2) is 45.9 Å². The Labute approximate surface area is 184 Å². The maximum atomic E-state index is 13.2. The molecule has 0 radical (unpaired) electrons. The van der Waals surface area contributed by atoms with Crippen molar-refractivity contribution in [2.75, 3.05) is 18.4 Å².